The Morgan fingerprint density at radius 1 is 0.946 bits per heavy atom. The molecule has 0 radical (unpaired) electrons. The molecule has 1 aliphatic heterocycles. The average molecular weight is 524 g/mol. The van der Waals surface area contributed by atoms with Crippen molar-refractivity contribution in [1.29, 1.82) is 0 Å². The molecule has 37 heavy (non-hydrogen) atoms. The van der Waals surface area contributed by atoms with Gasteiger partial charge in [-0.3, -0.25) is 19.2 Å². The van der Waals surface area contributed by atoms with Crippen molar-refractivity contribution in [2.45, 2.75) is 71.7 Å². The molecule has 2 rings (SSSR count). The molecule has 206 valence electrons. The first kappa shape index (κ1) is 30.2. The summed E-state index contributed by atoms with van der Waals surface area (Å²) in [5.74, 6) is -2.04. The fourth-order valence-electron chi connectivity index (χ4n) is 3.82. The molecule has 0 aliphatic carbocycles. The number of hydrogen-bond donors (Lipinski definition) is 1. The van der Waals surface area contributed by atoms with Crippen molar-refractivity contribution < 1.29 is 47.6 Å². The highest BCUT2D eigenvalue weighted by atomic mass is 16.7. The zero-order valence-electron chi connectivity index (χ0n) is 21.8. The van der Waals surface area contributed by atoms with E-state index < -0.39 is 42.4 Å². The minimum Gasteiger partial charge on any atom is -0.463 e. The van der Waals surface area contributed by atoms with E-state index in [1.54, 1.807) is 6.92 Å². The summed E-state index contributed by atoms with van der Waals surface area (Å²) < 4.78 is 33.1. The predicted molar refractivity (Wildman–Crippen MR) is 130 cm³/mol. The lowest BCUT2D eigenvalue weighted by Gasteiger charge is -2.44. The number of rotatable bonds is 14. The van der Waals surface area contributed by atoms with Crippen LogP contribution in [0.3, 0.4) is 0 Å². The lowest BCUT2D eigenvalue weighted by Crippen LogP contribution is -2.63. The summed E-state index contributed by atoms with van der Waals surface area (Å²) in [6.07, 6.45) is -1.64. The monoisotopic (exact) mass is 523 g/mol. The summed E-state index contributed by atoms with van der Waals surface area (Å²) in [6, 6.07) is 8.66. The first-order chi connectivity index (χ1) is 17.7. The van der Waals surface area contributed by atoms with Crippen molar-refractivity contribution >= 4 is 23.8 Å². The van der Waals surface area contributed by atoms with E-state index in [0.29, 0.717) is 13.0 Å². The van der Waals surface area contributed by atoms with E-state index >= 15 is 0 Å². The van der Waals surface area contributed by atoms with Crippen LogP contribution in [0.15, 0.2) is 30.3 Å². The van der Waals surface area contributed by atoms with Crippen LogP contribution in [-0.4, -0.2) is 74.8 Å². The van der Waals surface area contributed by atoms with Crippen molar-refractivity contribution in [2.24, 2.45) is 5.92 Å². The highest BCUT2D eigenvalue weighted by Gasteiger charge is 2.47. The van der Waals surface area contributed by atoms with E-state index in [-0.39, 0.29) is 44.7 Å². The Balaban J connectivity index is 1.80. The summed E-state index contributed by atoms with van der Waals surface area (Å²) in [7, 11) is 0. The molecule has 0 unspecified atom stereocenters. The minimum absolute atomic E-state index is 0.0577. The van der Waals surface area contributed by atoms with Gasteiger partial charge in [0.2, 0.25) is 5.91 Å². The third-order valence-corrected chi connectivity index (χ3v) is 5.61. The Hall–Kier alpha value is -3.02. The van der Waals surface area contributed by atoms with Crippen LogP contribution in [-0.2, 0) is 54.2 Å². The fraction of sp³-hybridized carbons (Fsp3) is 0.615. The second-order valence-corrected chi connectivity index (χ2v) is 8.74. The topological polar surface area (TPSA) is 136 Å². The number of nitrogens with one attached hydrogen (secondary N) is 1. The Morgan fingerprint density at radius 3 is 2.32 bits per heavy atom. The summed E-state index contributed by atoms with van der Waals surface area (Å²) in [5, 5.41) is 2.73. The first-order valence-electron chi connectivity index (χ1n) is 12.3. The van der Waals surface area contributed by atoms with Crippen LogP contribution in [0.4, 0.5) is 0 Å². The van der Waals surface area contributed by atoms with E-state index in [9.17, 15) is 19.2 Å². The normalized spacial score (nSPS) is 23.1. The molecule has 1 N–H and O–H groups in total. The SMILES string of the molecule is CC(=O)N[C@H]1[C@H](OCCOCCCC(=O)OCc2ccccc2)O[C@H](COC(C)=O)[C@H](C)[C@@H]1OC(C)=O. The van der Waals surface area contributed by atoms with E-state index in [1.807, 2.05) is 30.3 Å². The van der Waals surface area contributed by atoms with Crippen LogP contribution in [0, 0.1) is 5.92 Å². The lowest BCUT2D eigenvalue weighted by molar-refractivity contribution is -0.262. The van der Waals surface area contributed by atoms with Gasteiger partial charge in [-0.05, 0) is 12.0 Å². The zero-order valence-corrected chi connectivity index (χ0v) is 21.8. The van der Waals surface area contributed by atoms with Crippen molar-refractivity contribution in [3.8, 4) is 0 Å². The molecule has 1 aromatic rings. The van der Waals surface area contributed by atoms with Gasteiger partial charge in [0, 0.05) is 39.7 Å². The number of ether oxygens (including phenoxy) is 6. The maximum absolute atomic E-state index is 11.9. The second kappa shape index (κ2) is 16.0. The van der Waals surface area contributed by atoms with Gasteiger partial charge < -0.3 is 33.7 Å². The van der Waals surface area contributed by atoms with Gasteiger partial charge >= 0.3 is 17.9 Å². The van der Waals surface area contributed by atoms with Crippen molar-refractivity contribution in [3.63, 3.8) is 0 Å². The second-order valence-electron chi connectivity index (χ2n) is 8.74. The van der Waals surface area contributed by atoms with Gasteiger partial charge in [0.15, 0.2) is 6.29 Å². The molecule has 0 spiro atoms. The molecule has 1 aromatic carbocycles. The molecule has 11 heteroatoms. The smallest absolute Gasteiger partial charge is 0.306 e. The van der Waals surface area contributed by atoms with E-state index in [4.69, 9.17) is 28.4 Å². The van der Waals surface area contributed by atoms with E-state index in [2.05, 4.69) is 5.32 Å². The van der Waals surface area contributed by atoms with Crippen molar-refractivity contribution in [2.75, 3.05) is 26.4 Å². The molecule has 1 fully saturated rings. The molecule has 0 bridgehead atoms. The molecule has 1 amide bonds. The predicted octanol–water partition coefficient (Wildman–Crippen LogP) is 1.90. The third kappa shape index (κ3) is 11.3. The molecular weight excluding hydrogens is 486 g/mol. The average Bonchev–Trinajstić information content (AvgIpc) is 2.84. The Morgan fingerprint density at radius 2 is 1.68 bits per heavy atom. The van der Waals surface area contributed by atoms with Crippen LogP contribution < -0.4 is 5.32 Å². The van der Waals surface area contributed by atoms with Crippen LogP contribution in [0.1, 0.15) is 46.1 Å². The molecular formula is C26H37NO10. The van der Waals surface area contributed by atoms with Gasteiger partial charge in [0.05, 0.1) is 13.2 Å². The molecule has 0 aromatic heterocycles. The van der Waals surface area contributed by atoms with E-state index in [0.717, 1.165) is 5.56 Å². The van der Waals surface area contributed by atoms with Gasteiger partial charge in [0.1, 0.15) is 31.5 Å². The first-order valence-corrected chi connectivity index (χ1v) is 12.3. The van der Waals surface area contributed by atoms with Gasteiger partial charge in [-0.1, -0.05) is 37.3 Å². The summed E-state index contributed by atoms with van der Waals surface area (Å²) >= 11 is 0. The molecule has 11 nitrogen and oxygen atoms in total. The fourth-order valence-corrected chi connectivity index (χ4v) is 3.82. The number of carbonyl (C=O) groups is 4. The van der Waals surface area contributed by atoms with Crippen LogP contribution in [0.2, 0.25) is 0 Å². The summed E-state index contributed by atoms with van der Waals surface area (Å²) in [6.45, 7) is 6.49. The number of benzene rings is 1. The zero-order chi connectivity index (χ0) is 27.2. The summed E-state index contributed by atoms with van der Waals surface area (Å²) in [5.41, 5.74) is 0.923. The van der Waals surface area contributed by atoms with Crippen LogP contribution in [0.25, 0.3) is 0 Å². The highest BCUT2D eigenvalue weighted by Crippen LogP contribution is 2.29. The number of carbonyl (C=O) groups excluding carboxylic acids is 4. The lowest BCUT2D eigenvalue weighted by atomic mass is 9.89. The Bertz CT molecular complexity index is 877. The Labute approximate surface area is 217 Å². The number of hydrogen-bond acceptors (Lipinski definition) is 10. The van der Waals surface area contributed by atoms with Crippen molar-refractivity contribution in [3.05, 3.63) is 35.9 Å². The Kier molecular flexibility index (Phi) is 13.0. The molecule has 1 heterocycles. The van der Waals surface area contributed by atoms with Crippen LogP contribution in [0.5, 0.6) is 0 Å². The van der Waals surface area contributed by atoms with Gasteiger partial charge in [-0.25, -0.2) is 0 Å². The number of amides is 1. The largest absolute Gasteiger partial charge is 0.463 e. The third-order valence-electron chi connectivity index (χ3n) is 5.61. The van der Waals surface area contributed by atoms with Gasteiger partial charge in [0.25, 0.3) is 0 Å². The maximum Gasteiger partial charge on any atom is 0.306 e. The van der Waals surface area contributed by atoms with E-state index in [1.165, 1.54) is 20.8 Å². The quantitative estimate of drug-likeness (QED) is 0.219. The number of esters is 3. The van der Waals surface area contributed by atoms with Crippen LogP contribution >= 0.6 is 0 Å². The van der Waals surface area contributed by atoms with Gasteiger partial charge in [-0.15, -0.1) is 0 Å². The molecule has 0 saturated carbocycles. The molecule has 1 aliphatic rings. The highest BCUT2D eigenvalue weighted by molar-refractivity contribution is 5.73. The standard InChI is InChI=1S/C26H37NO10/c1-17-22(16-34-19(3)29)37-26(24(27-18(2)28)25(17)36-20(4)30)33-14-13-32-12-8-11-23(31)35-15-21-9-6-5-7-10-21/h5-7,9-10,17,22,24-26H,8,11-16H2,1-4H3,(H,27,28)/t17-,22+,24+,25-,26+/m0/s1. The molecule has 1 saturated heterocycles. The molecule has 5 atom stereocenters. The maximum atomic E-state index is 11.9. The summed E-state index contributed by atoms with van der Waals surface area (Å²) in [4.78, 5) is 46.7. The minimum atomic E-state index is -0.971. The van der Waals surface area contributed by atoms with Gasteiger partial charge in [-0.2, -0.15) is 0 Å². The van der Waals surface area contributed by atoms with Crippen molar-refractivity contribution in [1.82, 2.24) is 5.32 Å².